The SMILES string of the molecule is c1cc2c3c(ccc4c3c1CC4)SS2. The van der Waals surface area contributed by atoms with Crippen molar-refractivity contribution in [2.75, 3.05) is 0 Å². The molecule has 14 heavy (non-hydrogen) atoms. The van der Waals surface area contributed by atoms with E-state index in [-0.39, 0.29) is 0 Å². The first kappa shape index (κ1) is 7.66. The number of aryl methyl sites for hydroxylation is 2. The molecule has 4 rings (SSSR count). The molecule has 2 heteroatoms. The van der Waals surface area contributed by atoms with E-state index < -0.39 is 0 Å². The van der Waals surface area contributed by atoms with Crippen molar-refractivity contribution in [1.82, 2.24) is 0 Å². The molecule has 0 bridgehead atoms. The molecule has 0 amide bonds. The van der Waals surface area contributed by atoms with Gasteiger partial charge in [-0.3, -0.25) is 0 Å². The zero-order valence-corrected chi connectivity index (χ0v) is 9.17. The summed E-state index contributed by atoms with van der Waals surface area (Å²) < 4.78 is 0. The number of hydrogen-bond acceptors (Lipinski definition) is 2. The summed E-state index contributed by atoms with van der Waals surface area (Å²) in [5.74, 6) is 0. The fourth-order valence-electron chi connectivity index (χ4n) is 2.50. The maximum Gasteiger partial charge on any atom is 0.0276 e. The highest BCUT2D eigenvalue weighted by atomic mass is 33.1. The number of benzene rings is 2. The van der Waals surface area contributed by atoms with Crippen LogP contribution in [0.15, 0.2) is 34.1 Å². The van der Waals surface area contributed by atoms with Crippen LogP contribution in [0.1, 0.15) is 11.1 Å². The minimum absolute atomic E-state index is 1.24. The summed E-state index contributed by atoms with van der Waals surface area (Å²) in [5, 5.41) is 3.10. The smallest absolute Gasteiger partial charge is 0.0276 e. The molecule has 1 heterocycles. The molecule has 2 aromatic rings. The van der Waals surface area contributed by atoms with Crippen molar-refractivity contribution in [1.29, 1.82) is 0 Å². The molecule has 0 saturated heterocycles. The second-order valence-electron chi connectivity index (χ2n) is 3.86. The predicted molar refractivity (Wildman–Crippen MR) is 63.1 cm³/mol. The minimum atomic E-state index is 1.24. The van der Waals surface area contributed by atoms with E-state index in [1.54, 1.807) is 16.5 Å². The third-order valence-corrected chi connectivity index (χ3v) is 5.59. The normalized spacial score (nSPS) is 16.9. The van der Waals surface area contributed by atoms with Gasteiger partial charge in [-0.25, -0.2) is 0 Å². The number of hydrogen-bond donors (Lipinski definition) is 0. The maximum atomic E-state index is 2.32. The summed E-state index contributed by atoms with van der Waals surface area (Å²) in [6.45, 7) is 0. The van der Waals surface area contributed by atoms with Gasteiger partial charge < -0.3 is 0 Å². The van der Waals surface area contributed by atoms with Crippen LogP contribution >= 0.6 is 21.6 Å². The van der Waals surface area contributed by atoms with Gasteiger partial charge in [0.2, 0.25) is 0 Å². The first-order valence-corrected chi connectivity index (χ1v) is 7.00. The summed E-state index contributed by atoms with van der Waals surface area (Å²) in [6, 6.07) is 9.22. The van der Waals surface area contributed by atoms with E-state index in [1.807, 2.05) is 21.6 Å². The van der Waals surface area contributed by atoms with Crippen molar-refractivity contribution in [2.24, 2.45) is 0 Å². The Bertz CT molecular complexity index is 460. The summed E-state index contributed by atoms with van der Waals surface area (Å²) in [7, 11) is 3.82. The lowest BCUT2D eigenvalue weighted by Crippen LogP contribution is -1.80. The minimum Gasteiger partial charge on any atom is -0.0572 e. The molecule has 1 aliphatic carbocycles. The van der Waals surface area contributed by atoms with Crippen LogP contribution in [0.2, 0.25) is 0 Å². The zero-order valence-electron chi connectivity index (χ0n) is 7.54. The molecule has 2 aliphatic rings. The van der Waals surface area contributed by atoms with Crippen LogP contribution in [0.5, 0.6) is 0 Å². The molecule has 0 spiro atoms. The highest BCUT2D eigenvalue weighted by molar-refractivity contribution is 8.77. The van der Waals surface area contributed by atoms with Gasteiger partial charge in [0.1, 0.15) is 0 Å². The molecule has 0 atom stereocenters. The average Bonchev–Trinajstić information content (AvgIpc) is 2.77. The molecule has 68 valence electrons. The summed E-state index contributed by atoms with van der Waals surface area (Å²) in [5.41, 5.74) is 3.12. The second kappa shape index (κ2) is 2.50. The van der Waals surface area contributed by atoms with Crippen molar-refractivity contribution in [3.05, 3.63) is 35.4 Å². The van der Waals surface area contributed by atoms with Crippen molar-refractivity contribution < 1.29 is 0 Å². The molecule has 0 N–H and O–H groups in total. The van der Waals surface area contributed by atoms with Gasteiger partial charge in [0, 0.05) is 15.2 Å². The summed E-state index contributed by atoms with van der Waals surface area (Å²) in [6.07, 6.45) is 2.48. The van der Waals surface area contributed by atoms with Crippen LogP contribution in [-0.2, 0) is 12.8 Å². The molecule has 0 radical (unpaired) electrons. The highest BCUT2D eigenvalue weighted by Crippen LogP contribution is 2.53. The van der Waals surface area contributed by atoms with Crippen LogP contribution in [0, 0.1) is 0 Å². The van der Waals surface area contributed by atoms with E-state index in [2.05, 4.69) is 24.3 Å². The molecule has 0 nitrogen and oxygen atoms in total. The van der Waals surface area contributed by atoms with Crippen LogP contribution in [0.4, 0.5) is 0 Å². The van der Waals surface area contributed by atoms with Gasteiger partial charge >= 0.3 is 0 Å². The molecular weight excluding hydrogens is 208 g/mol. The van der Waals surface area contributed by atoms with E-state index >= 15 is 0 Å². The van der Waals surface area contributed by atoms with Gasteiger partial charge in [-0.2, -0.15) is 0 Å². The molecule has 0 fully saturated rings. The molecule has 1 aliphatic heterocycles. The van der Waals surface area contributed by atoms with Crippen molar-refractivity contribution >= 4 is 32.4 Å². The van der Waals surface area contributed by atoms with Gasteiger partial charge in [-0.05, 0) is 41.5 Å². The summed E-state index contributed by atoms with van der Waals surface area (Å²) >= 11 is 0. The quantitative estimate of drug-likeness (QED) is 0.609. The van der Waals surface area contributed by atoms with Crippen molar-refractivity contribution in [2.45, 2.75) is 22.6 Å². The first-order chi connectivity index (χ1) is 6.93. The Morgan fingerprint density at radius 2 is 1.29 bits per heavy atom. The Kier molecular flexibility index (Phi) is 1.37. The van der Waals surface area contributed by atoms with E-state index in [1.165, 1.54) is 28.0 Å². The van der Waals surface area contributed by atoms with Crippen LogP contribution in [0.25, 0.3) is 10.8 Å². The fraction of sp³-hybridized carbons (Fsp3) is 0.167. The van der Waals surface area contributed by atoms with Crippen molar-refractivity contribution in [3.8, 4) is 0 Å². The Balaban J connectivity index is 2.34. The maximum absolute atomic E-state index is 2.32. The summed E-state index contributed by atoms with van der Waals surface area (Å²) in [4.78, 5) is 2.93. The average molecular weight is 216 g/mol. The predicted octanol–water partition coefficient (Wildman–Crippen LogP) is 4.05. The molecule has 2 aromatic carbocycles. The lowest BCUT2D eigenvalue weighted by molar-refractivity contribution is 1.02. The largest absolute Gasteiger partial charge is 0.0572 e. The van der Waals surface area contributed by atoms with E-state index in [0.29, 0.717) is 0 Å². The lowest BCUT2D eigenvalue weighted by Gasteiger charge is -2.02. The topological polar surface area (TPSA) is 0 Å². The van der Waals surface area contributed by atoms with Crippen LogP contribution in [-0.4, -0.2) is 0 Å². The van der Waals surface area contributed by atoms with E-state index in [4.69, 9.17) is 0 Å². The molecule has 0 aromatic heterocycles. The van der Waals surface area contributed by atoms with E-state index in [9.17, 15) is 0 Å². The van der Waals surface area contributed by atoms with Gasteiger partial charge in [0.15, 0.2) is 0 Å². The van der Waals surface area contributed by atoms with Crippen LogP contribution < -0.4 is 0 Å². The Labute approximate surface area is 90.5 Å². The van der Waals surface area contributed by atoms with Gasteiger partial charge in [-0.15, -0.1) is 0 Å². The lowest BCUT2D eigenvalue weighted by atomic mass is 10.1. The third kappa shape index (κ3) is 0.794. The first-order valence-electron chi connectivity index (χ1n) is 4.85. The van der Waals surface area contributed by atoms with Crippen LogP contribution in [0.3, 0.4) is 0 Å². The zero-order chi connectivity index (χ0) is 9.12. The fourth-order valence-corrected chi connectivity index (χ4v) is 4.95. The Morgan fingerprint density at radius 3 is 1.86 bits per heavy atom. The Hall–Kier alpha value is -0.600. The molecule has 0 unspecified atom stereocenters. The Morgan fingerprint density at radius 1 is 0.714 bits per heavy atom. The van der Waals surface area contributed by atoms with E-state index in [0.717, 1.165) is 0 Å². The van der Waals surface area contributed by atoms with Gasteiger partial charge in [0.25, 0.3) is 0 Å². The number of rotatable bonds is 0. The van der Waals surface area contributed by atoms with Gasteiger partial charge in [-0.1, -0.05) is 33.7 Å². The standard InChI is InChI=1S/C12H8S2/c1-2-8-4-6-10-12-9(13-14-10)5-3-7(1)11(8)12/h3-6H,1-2H2. The molecular formula is C12H8S2. The van der Waals surface area contributed by atoms with Gasteiger partial charge in [0.05, 0.1) is 0 Å². The van der Waals surface area contributed by atoms with Crippen molar-refractivity contribution in [3.63, 3.8) is 0 Å². The third-order valence-electron chi connectivity index (χ3n) is 3.14. The monoisotopic (exact) mass is 216 g/mol. The second-order valence-corrected chi connectivity index (χ2v) is 6.08. The highest BCUT2D eigenvalue weighted by Gasteiger charge is 2.22. The molecule has 0 saturated carbocycles.